The molecule has 2 aromatic rings. The lowest BCUT2D eigenvalue weighted by Gasteiger charge is -2.46. The summed E-state index contributed by atoms with van der Waals surface area (Å²) >= 11 is 0. The van der Waals surface area contributed by atoms with Crippen molar-refractivity contribution < 1.29 is 14.7 Å². The molecule has 0 atom stereocenters. The lowest BCUT2D eigenvalue weighted by atomic mass is 10.1. The van der Waals surface area contributed by atoms with E-state index in [1.165, 1.54) is 0 Å². The van der Waals surface area contributed by atoms with Gasteiger partial charge in [-0.1, -0.05) is 30.3 Å². The van der Waals surface area contributed by atoms with Crippen LogP contribution in [-0.4, -0.2) is 89.9 Å². The Labute approximate surface area is 179 Å². The number of piperazine rings is 1. The number of hydrogen-bond donors (Lipinski definition) is 3. The summed E-state index contributed by atoms with van der Waals surface area (Å²) in [5.74, 6) is 0.789. The molecule has 3 saturated heterocycles. The van der Waals surface area contributed by atoms with Gasteiger partial charge < -0.3 is 20.0 Å². The first-order chi connectivity index (χ1) is 14.6. The maximum absolute atomic E-state index is 10.4. The Morgan fingerprint density at radius 3 is 2.03 bits per heavy atom. The second-order valence-corrected chi connectivity index (χ2v) is 8.80. The van der Waals surface area contributed by atoms with E-state index < -0.39 is 0 Å². The summed E-state index contributed by atoms with van der Waals surface area (Å²) in [6.45, 7) is 12.1. The zero-order valence-corrected chi connectivity index (χ0v) is 17.8. The highest BCUT2D eigenvalue weighted by Gasteiger charge is 2.34. The van der Waals surface area contributed by atoms with Crippen LogP contribution in [0.1, 0.15) is 11.1 Å². The van der Waals surface area contributed by atoms with E-state index in [2.05, 4.69) is 21.2 Å². The van der Waals surface area contributed by atoms with Crippen LogP contribution in [0.3, 0.4) is 0 Å². The average Bonchev–Trinajstić information content (AvgIpc) is 2.75. The molecule has 3 heterocycles. The second kappa shape index (κ2) is 9.79. The van der Waals surface area contributed by atoms with E-state index in [1.807, 2.05) is 30.3 Å². The minimum Gasteiger partial charge on any atom is -0.508 e. The molecule has 2 aromatic carbocycles. The SMILES string of the molecule is Oc1ccccc1CN1CCNCCN2CC[N+](Cc3ccccc3O)(CC2)CC1. The molecule has 0 aliphatic carbocycles. The molecule has 3 N–H and O–H groups in total. The van der Waals surface area contributed by atoms with E-state index >= 15 is 0 Å². The van der Waals surface area contributed by atoms with Gasteiger partial charge in [-0.3, -0.25) is 9.80 Å². The summed E-state index contributed by atoms with van der Waals surface area (Å²) in [6.07, 6.45) is 0. The van der Waals surface area contributed by atoms with Gasteiger partial charge in [0, 0.05) is 63.5 Å². The van der Waals surface area contributed by atoms with Crippen molar-refractivity contribution in [2.75, 3.05) is 65.4 Å². The first-order valence-electron chi connectivity index (χ1n) is 11.2. The number of nitrogens with zero attached hydrogens (tertiary/aromatic N) is 3. The zero-order valence-electron chi connectivity index (χ0n) is 17.8. The number of fused-ring (bicyclic) bond motifs is 9. The molecule has 30 heavy (non-hydrogen) atoms. The Balaban J connectivity index is 1.52. The molecular weight excluding hydrogens is 376 g/mol. The fourth-order valence-electron chi connectivity index (χ4n) is 4.73. The van der Waals surface area contributed by atoms with Crippen molar-refractivity contribution in [1.29, 1.82) is 0 Å². The van der Waals surface area contributed by atoms with Crippen molar-refractivity contribution in [1.82, 2.24) is 15.1 Å². The van der Waals surface area contributed by atoms with Gasteiger partial charge in [-0.05, 0) is 18.2 Å². The van der Waals surface area contributed by atoms with Gasteiger partial charge in [0.25, 0.3) is 0 Å². The average molecular weight is 412 g/mol. The fourth-order valence-corrected chi connectivity index (χ4v) is 4.73. The highest BCUT2D eigenvalue weighted by Crippen LogP contribution is 2.25. The number of quaternary nitrogens is 1. The van der Waals surface area contributed by atoms with Crippen molar-refractivity contribution >= 4 is 0 Å². The summed E-state index contributed by atoms with van der Waals surface area (Å²) < 4.78 is 1.01. The van der Waals surface area contributed by atoms with E-state index in [-0.39, 0.29) is 0 Å². The van der Waals surface area contributed by atoms with Crippen molar-refractivity contribution in [3.05, 3.63) is 59.7 Å². The van der Waals surface area contributed by atoms with Crippen LogP contribution in [0.25, 0.3) is 0 Å². The van der Waals surface area contributed by atoms with Crippen molar-refractivity contribution in [2.24, 2.45) is 0 Å². The number of phenolic OH excluding ortho intramolecular Hbond substituents is 2. The molecule has 3 aliphatic rings. The Hall–Kier alpha value is -2.12. The van der Waals surface area contributed by atoms with E-state index in [0.717, 1.165) is 94.1 Å². The third-order valence-corrected chi connectivity index (χ3v) is 6.76. The third kappa shape index (κ3) is 5.32. The minimum absolute atomic E-state index is 0.378. The Morgan fingerprint density at radius 2 is 1.33 bits per heavy atom. The summed E-state index contributed by atoms with van der Waals surface area (Å²) in [4.78, 5) is 5.02. The molecule has 0 radical (unpaired) electrons. The Kier molecular flexibility index (Phi) is 6.89. The second-order valence-electron chi connectivity index (χ2n) is 8.80. The molecule has 0 aromatic heterocycles. The maximum Gasteiger partial charge on any atom is 0.124 e. The molecule has 6 nitrogen and oxygen atoms in total. The number of para-hydroxylation sites is 2. The van der Waals surface area contributed by atoms with Crippen LogP contribution in [0.15, 0.2) is 48.5 Å². The van der Waals surface area contributed by atoms with Gasteiger partial charge in [0.2, 0.25) is 0 Å². The smallest absolute Gasteiger partial charge is 0.124 e. The number of nitrogens with one attached hydrogen (secondary N) is 1. The van der Waals surface area contributed by atoms with E-state index in [4.69, 9.17) is 0 Å². The largest absolute Gasteiger partial charge is 0.508 e. The summed E-state index contributed by atoms with van der Waals surface area (Å²) in [6, 6.07) is 15.5. The first kappa shape index (κ1) is 21.1. The van der Waals surface area contributed by atoms with E-state index in [0.29, 0.717) is 11.5 Å². The van der Waals surface area contributed by atoms with Crippen LogP contribution in [0, 0.1) is 0 Å². The monoisotopic (exact) mass is 411 g/mol. The fraction of sp³-hybridized carbons (Fsp3) is 0.500. The molecule has 0 spiro atoms. The number of phenols is 2. The van der Waals surface area contributed by atoms with Gasteiger partial charge in [0.1, 0.15) is 18.0 Å². The number of benzene rings is 2. The summed E-state index contributed by atoms with van der Waals surface area (Å²) in [7, 11) is 0. The number of hydrogen-bond acceptors (Lipinski definition) is 5. The maximum atomic E-state index is 10.4. The van der Waals surface area contributed by atoms with E-state index in [9.17, 15) is 10.2 Å². The van der Waals surface area contributed by atoms with Crippen LogP contribution >= 0.6 is 0 Å². The molecule has 5 rings (SSSR count). The van der Waals surface area contributed by atoms with Crippen LogP contribution in [0.5, 0.6) is 11.5 Å². The summed E-state index contributed by atoms with van der Waals surface area (Å²) in [5, 5.41) is 24.2. The molecular formula is C24H35N4O2+. The highest BCUT2D eigenvalue weighted by molar-refractivity contribution is 5.32. The van der Waals surface area contributed by atoms with Gasteiger partial charge in [0.05, 0.1) is 19.6 Å². The van der Waals surface area contributed by atoms with Crippen LogP contribution in [0.4, 0.5) is 0 Å². The van der Waals surface area contributed by atoms with Crippen molar-refractivity contribution in [3.8, 4) is 11.5 Å². The predicted octanol–water partition coefficient (Wildman–Crippen LogP) is 1.84. The number of rotatable bonds is 4. The molecule has 3 aliphatic heterocycles. The number of aromatic hydroxyl groups is 2. The standard InChI is InChI=1S/C24H34N4O2/c29-23-7-3-1-5-21(23)19-27-12-10-25-9-11-26-13-16-28(17-14-26,18-15-27)20-22-6-2-4-8-24(22)30/h1-8,25H,9-20H2,(H-,29,30)/p+1. The highest BCUT2D eigenvalue weighted by atomic mass is 16.3. The topological polar surface area (TPSA) is 59.0 Å². The van der Waals surface area contributed by atoms with Crippen LogP contribution in [-0.2, 0) is 13.1 Å². The third-order valence-electron chi connectivity index (χ3n) is 6.76. The van der Waals surface area contributed by atoms with Crippen molar-refractivity contribution in [3.63, 3.8) is 0 Å². The van der Waals surface area contributed by atoms with Crippen LogP contribution < -0.4 is 5.32 Å². The molecule has 6 heteroatoms. The molecule has 0 amide bonds. The van der Waals surface area contributed by atoms with Gasteiger partial charge >= 0.3 is 0 Å². The normalized spacial score (nSPS) is 26.1. The Bertz CT molecular complexity index is 820. The van der Waals surface area contributed by atoms with Gasteiger partial charge in [-0.2, -0.15) is 0 Å². The minimum atomic E-state index is 0.378. The van der Waals surface area contributed by atoms with Gasteiger partial charge in [-0.25, -0.2) is 0 Å². The van der Waals surface area contributed by atoms with E-state index in [1.54, 1.807) is 12.1 Å². The predicted molar refractivity (Wildman–Crippen MR) is 119 cm³/mol. The lowest BCUT2D eigenvalue weighted by Crippen LogP contribution is -2.61. The zero-order chi connectivity index (χ0) is 20.8. The molecule has 0 saturated carbocycles. The quantitative estimate of drug-likeness (QED) is 0.671. The Morgan fingerprint density at radius 1 is 0.733 bits per heavy atom. The van der Waals surface area contributed by atoms with Gasteiger partial charge in [-0.15, -0.1) is 0 Å². The molecule has 162 valence electrons. The van der Waals surface area contributed by atoms with Crippen molar-refractivity contribution in [2.45, 2.75) is 13.1 Å². The molecule has 2 bridgehead atoms. The lowest BCUT2D eigenvalue weighted by molar-refractivity contribution is -0.944. The molecule has 0 unspecified atom stereocenters. The van der Waals surface area contributed by atoms with Gasteiger partial charge in [0.15, 0.2) is 0 Å². The van der Waals surface area contributed by atoms with Crippen LogP contribution in [0.2, 0.25) is 0 Å². The first-order valence-corrected chi connectivity index (χ1v) is 11.2. The summed E-state index contributed by atoms with van der Waals surface area (Å²) in [5.41, 5.74) is 2.04. The molecule has 3 fully saturated rings.